The Morgan fingerprint density at radius 1 is 1.47 bits per heavy atom. The number of hydrogen-bond acceptors (Lipinski definition) is 4. The molecule has 0 bridgehead atoms. The Labute approximate surface area is 99.9 Å². The molecule has 0 radical (unpaired) electrons. The molecule has 0 spiro atoms. The van der Waals surface area contributed by atoms with Crippen LogP contribution in [0.2, 0.25) is 0 Å². The summed E-state index contributed by atoms with van der Waals surface area (Å²) < 4.78 is 30.2. The predicted molar refractivity (Wildman–Crippen MR) is 48.8 cm³/mol. The second-order valence-electron chi connectivity index (χ2n) is 2.68. The van der Waals surface area contributed by atoms with Crippen molar-refractivity contribution < 1.29 is 38.2 Å². The summed E-state index contributed by atoms with van der Waals surface area (Å²) in [5.41, 5.74) is -0.110. The van der Waals surface area contributed by atoms with Crippen molar-refractivity contribution >= 4 is 15.8 Å². The minimum absolute atomic E-state index is 0. The molecule has 1 aromatic carbocycles. The number of hydrogen-bond donors (Lipinski definition) is 1. The third-order valence-corrected chi connectivity index (χ3v) is 2.66. The van der Waals surface area contributed by atoms with Crippen molar-refractivity contribution in [3.05, 3.63) is 33.9 Å². The van der Waals surface area contributed by atoms with E-state index in [2.05, 4.69) is 0 Å². The van der Waals surface area contributed by atoms with Crippen LogP contribution in [0.25, 0.3) is 0 Å². The third-order valence-electron chi connectivity index (χ3n) is 1.66. The van der Waals surface area contributed by atoms with E-state index in [-0.39, 0.29) is 31.5 Å². The Morgan fingerprint density at radius 2 is 2.00 bits per heavy atom. The fourth-order valence-electron chi connectivity index (χ4n) is 0.980. The van der Waals surface area contributed by atoms with Gasteiger partial charge in [-0.2, -0.15) is 8.42 Å². The Morgan fingerprint density at radius 3 is 2.40 bits per heavy atom. The summed E-state index contributed by atoms with van der Waals surface area (Å²) in [4.78, 5) is 9.15. The van der Waals surface area contributed by atoms with E-state index in [1.165, 1.54) is 19.1 Å². The average Bonchev–Trinajstić information content (AvgIpc) is 2.02. The standard InChI is InChI=1S/C7H7NO5S.Li.H/c1-5-2-3-6(8(9)10)4-7(5)14(11,12)13;;/h2-4H,1H3,(H,11,12,13);;/q;+1;-1. The molecule has 0 fully saturated rings. The molecule has 8 heteroatoms. The maximum atomic E-state index is 10.8. The molecular formula is C7H8LiNO5S. The number of nitrogens with zero attached hydrogens (tertiary/aromatic N) is 1. The van der Waals surface area contributed by atoms with Crippen molar-refractivity contribution in [1.82, 2.24) is 0 Å². The van der Waals surface area contributed by atoms with Crippen LogP contribution in [0, 0.1) is 17.0 Å². The van der Waals surface area contributed by atoms with Gasteiger partial charge in [0.05, 0.1) is 4.92 Å². The molecule has 1 N–H and O–H groups in total. The topological polar surface area (TPSA) is 97.5 Å². The van der Waals surface area contributed by atoms with E-state index in [1.54, 1.807) is 0 Å². The normalized spacial score (nSPS) is 10.5. The van der Waals surface area contributed by atoms with Crippen molar-refractivity contribution in [1.29, 1.82) is 0 Å². The molecule has 0 aliphatic carbocycles. The van der Waals surface area contributed by atoms with Crippen LogP contribution >= 0.6 is 0 Å². The summed E-state index contributed by atoms with van der Waals surface area (Å²) in [7, 11) is -4.39. The van der Waals surface area contributed by atoms with Gasteiger partial charge in [0.25, 0.3) is 15.8 Å². The van der Waals surface area contributed by atoms with E-state index < -0.39 is 19.9 Å². The predicted octanol–water partition coefficient (Wildman–Crippen LogP) is -1.73. The van der Waals surface area contributed by atoms with E-state index in [0.717, 1.165) is 6.07 Å². The van der Waals surface area contributed by atoms with Gasteiger partial charge in [0.1, 0.15) is 4.90 Å². The molecule has 0 unspecified atom stereocenters. The van der Waals surface area contributed by atoms with Gasteiger partial charge in [-0.25, -0.2) is 0 Å². The molecule has 6 nitrogen and oxygen atoms in total. The molecule has 0 aliphatic rings. The average molecular weight is 225 g/mol. The third kappa shape index (κ3) is 3.32. The quantitative estimate of drug-likeness (QED) is 0.279. The first-order valence-electron chi connectivity index (χ1n) is 3.55. The fourth-order valence-corrected chi connectivity index (χ4v) is 1.72. The molecule has 0 aromatic heterocycles. The van der Waals surface area contributed by atoms with E-state index in [1.807, 2.05) is 0 Å². The van der Waals surface area contributed by atoms with E-state index >= 15 is 0 Å². The van der Waals surface area contributed by atoms with Gasteiger partial charge in [-0.3, -0.25) is 14.7 Å². The number of aryl methyl sites for hydroxylation is 1. The smallest absolute Gasteiger partial charge is 1.00 e. The van der Waals surface area contributed by atoms with Gasteiger partial charge in [-0.05, 0) is 12.5 Å². The molecule has 1 rings (SSSR count). The van der Waals surface area contributed by atoms with Crippen molar-refractivity contribution in [2.45, 2.75) is 11.8 Å². The summed E-state index contributed by atoms with van der Waals surface area (Å²) >= 11 is 0. The molecule has 1 aromatic rings. The van der Waals surface area contributed by atoms with Gasteiger partial charge in [0.2, 0.25) is 0 Å². The Bertz CT molecular complexity index is 490. The Hall–Kier alpha value is -0.873. The number of benzene rings is 1. The van der Waals surface area contributed by atoms with Crippen molar-refractivity contribution in [3.63, 3.8) is 0 Å². The minimum atomic E-state index is -4.39. The minimum Gasteiger partial charge on any atom is -1.00 e. The molecule has 0 aliphatic heterocycles. The zero-order chi connectivity index (χ0) is 10.9. The van der Waals surface area contributed by atoms with Crippen LogP contribution in [0.5, 0.6) is 0 Å². The summed E-state index contributed by atoms with van der Waals surface area (Å²) in [5, 5.41) is 10.3. The van der Waals surface area contributed by atoms with E-state index in [9.17, 15) is 18.5 Å². The summed E-state index contributed by atoms with van der Waals surface area (Å²) in [6, 6.07) is 3.26. The van der Waals surface area contributed by atoms with Gasteiger partial charge >= 0.3 is 18.9 Å². The zero-order valence-electron chi connectivity index (χ0n) is 9.17. The van der Waals surface area contributed by atoms with Crippen LogP contribution in [-0.4, -0.2) is 17.9 Å². The summed E-state index contributed by atoms with van der Waals surface area (Å²) in [5.74, 6) is 0. The van der Waals surface area contributed by atoms with Crippen LogP contribution in [0.3, 0.4) is 0 Å². The van der Waals surface area contributed by atoms with Crippen LogP contribution in [0.1, 0.15) is 6.99 Å². The first kappa shape index (κ1) is 14.1. The molecule has 0 saturated heterocycles. The molecule has 0 amide bonds. The second kappa shape index (κ2) is 4.77. The largest absolute Gasteiger partial charge is 1.00 e. The second-order valence-corrected chi connectivity index (χ2v) is 4.07. The molecule has 0 heterocycles. The summed E-state index contributed by atoms with van der Waals surface area (Å²) in [6.45, 7) is 1.44. The fraction of sp³-hybridized carbons (Fsp3) is 0.143. The van der Waals surface area contributed by atoms with E-state index in [0.29, 0.717) is 0 Å². The molecule has 78 valence electrons. The Balaban J connectivity index is 0. The van der Waals surface area contributed by atoms with Gasteiger partial charge in [-0.15, -0.1) is 0 Å². The zero-order valence-corrected chi connectivity index (χ0v) is 8.98. The maximum Gasteiger partial charge on any atom is 1.00 e. The first-order valence-corrected chi connectivity index (χ1v) is 4.99. The molecule has 0 saturated carbocycles. The molecule has 0 atom stereocenters. The van der Waals surface area contributed by atoms with Gasteiger partial charge in [-0.1, -0.05) is 6.07 Å². The van der Waals surface area contributed by atoms with Crippen LogP contribution in [0.15, 0.2) is 23.1 Å². The number of nitro benzene ring substituents is 1. The molecular weight excluding hydrogens is 217 g/mol. The SMILES string of the molecule is Cc1ccc([N+](=O)[O-])cc1S(=O)(=O)O.[H-].[Li+]. The first-order chi connectivity index (χ1) is 6.32. The van der Waals surface area contributed by atoms with Gasteiger partial charge < -0.3 is 1.43 Å². The van der Waals surface area contributed by atoms with Gasteiger partial charge in [0.15, 0.2) is 0 Å². The maximum absolute atomic E-state index is 10.8. The van der Waals surface area contributed by atoms with Gasteiger partial charge in [0, 0.05) is 12.1 Å². The van der Waals surface area contributed by atoms with Crippen LogP contribution < -0.4 is 18.9 Å². The monoisotopic (exact) mass is 225 g/mol. The summed E-state index contributed by atoms with van der Waals surface area (Å²) in [6.07, 6.45) is 0. The van der Waals surface area contributed by atoms with Crippen LogP contribution in [-0.2, 0) is 10.1 Å². The van der Waals surface area contributed by atoms with Crippen molar-refractivity contribution in [3.8, 4) is 0 Å². The number of rotatable bonds is 2. The number of non-ortho nitro benzene ring substituents is 1. The molecule has 15 heavy (non-hydrogen) atoms. The van der Waals surface area contributed by atoms with Crippen LogP contribution in [0.4, 0.5) is 5.69 Å². The van der Waals surface area contributed by atoms with Crippen molar-refractivity contribution in [2.24, 2.45) is 0 Å². The number of nitro groups is 1. The van der Waals surface area contributed by atoms with E-state index in [4.69, 9.17) is 4.55 Å². The Kier molecular flexibility index (Phi) is 4.49. The van der Waals surface area contributed by atoms with Crippen molar-refractivity contribution in [2.75, 3.05) is 0 Å².